The van der Waals surface area contributed by atoms with Gasteiger partial charge in [0.25, 0.3) is 0 Å². The highest BCUT2D eigenvalue weighted by Crippen LogP contribution is 2.32. The molecule has 1 aliphatic rings. The molecule has 1 N–H and O–H groups in total. The summed E-state index contributed by atoms with van der Waals surface area (Å²) in [7, 11) is 6.35. The lowest BCUT2D eigenvalue weighted by atomic mass is 10.0. The van der Waals surface area contributed by atoms with Crippen LogP contribution in [0.4, 0.5) is 11.5 Å². The number of piperidine rings is 1. The second-order valence-corrected chi connectivity index (χ2v) is 6.44. The maximum atomic E-state index is 4.75. The molecular formula is C18H26N4. The maximum Gasteiger partial charge on any atom is 0.136 e. The zero-order chi connectivity index (χ0) is 15.7. The highest BCUT2D eigenvalue weighted by atomic mass is 15.2. The number of hydrogen-bond donors (Lipinski definition) is 1. The standard InChI is InChI=1S/C18H26N4/c1-13-5-6-15-16(11-13)17(19-2)12-20-18(15)22(4)14-7-9-21(3)10-8-14/h5-6,11-12,14,19H,7-10H2,1-4H3. The number of anilines is 2. The predicted octanol–water partition coefficient (Wildman–Crippen LogP) is 3.12. The quantitative estimate of drug-likeness (QED) is 0.943. The Balaban J connectivity index is 2.00. The van der Waals surface area contributed by atoms with Crippen molar-refractivity contribution in [3.8, 4) is 0 Å². The molecule has 22 heavy (non-hydrogen) atoms. The summed E-state index contributed by atoms with van der Waals surface area (Å²) in [6, 6.07) is 7.21. The molecule has 118 valence electrons. The number of pyridine rings is 1. The van der Waals surface area contributed by atoms with Gasteiger partial charge in [-0.3, -0.25) is 0 Å². The van der Waals surface area contributed by atoms with E-state index in [4.69, 9.17) is 4.98 Å². The number of hydrogen-bond acceptors (Lipinski definition) is 4. The minimum atomic E-state index is 0.577. The second kappa shape index (κ2) is 6.13. The fourth-order valence-corrected chi connectivity index (χ4v) is 3.38. The number of rotatable bonds is 3. The van der Waals surface area contributed by atoms with Gasteiger partial charge in [-0.2, -0.15) is 0 Å². The highest BCUT2D eigenvalue weighted by Gasteiger charge is 2.23. The molecule has 1 fully saturated rings. The largest absolute Gasteiger partial charge is 0.386 e. The molecule has 1 aromatic carbocycles. The van der Waals surface area contributed by atoms with Gasteiger partial charge >= 0.3 is 0 Å². The summed E-state index contributed by atoms with van der Waals surface area (Å²) in [6.45, 7) is 4.47. The van der Waals surface area contributed by atoms with Crippen LogP contribution in [0, 0.1) is 6.92 Å². The van der Waals surface area contributed by atoms with E-state index in [0.29, 0.717) is 6.04 Å². The van der Waals surface area contributed by atoms with E-state index in [9.17, 15) is 0 Å². The number of likely N-dealkylation sites (tertiary alicyclic amines) is 1. The van der Waals surface area contributed by atoms with Gasteiger partial charge in [-0.25, -0.2) is 4.98 Å². The minimum Gasteiger partial charge on any atom is -0.386 e. The highest BCUT2D eigenvalue weighted by molar-refractivity contribution is 6.00. The minimum absolute atomic E-state index is 0.577. The van der Waals surface area contributed by atoms with E-state index in [2.05, 4.69) is 54.3 Å². The lowest BCUT2D eigenvalue weighted by Gasteiger charge is -2.36. The summed E-state index contributed by atoms with van der Waals surface area (Å²) in [6.07, 6.45) is 4.37. The van der Waals surface area contributed by atoms with Crippen molar-refractivity contribution < 1.29 is 0 Å². The Morgan fingerprint density at radius 3 is 2.64 bits per heavy atom. The zero-order valence-corrected chi connectivity index (χ0v) is 14.1. The zero-order valence-electron chi connectivity index (χ0n) is 14.1. The average Bonchev–Trinajstić information content (AvgIpc) is 2.53. The summed E-state index contributed by atoms with van der Waals surface area (Å²) in [5.74, 6) is 1.10. The third-order valence-electron chi connectivity index (χ3n) is 4.86. The molecule has 3 rings (SSSR count). The summed E-state index contributed by atoms with van der Waals surface area (Å²) >= 11 is 0. The van der Waals surface area contributed by atoms with E-state index >= 15 is 0 Å². The topological polar surface area (TPSA) is 31.4 Å². The predicted molar refractivity (Wildman–Crippen MR) is 94.9 cm³/mol. The molecule has 0 atom stereocenters. The number of fused-ring (bicyclic) bond motifs is 1. The van der Waals surface area contributed by atoms with Gasteiger partial charge in [0.1, 0.15) is 5.82 Å². The van der Waals surface area contributed by atoms with E-state index in [1.807, 2.05) is 13.2 Å². The van der Waals surface area contributed by atoms with Crippen LogP contribution in [-0.2, 0) is 0 Å². The van der Waals surface area contributed by atoms with Gasteiger partial charge < -0.3 is 15.1 Å². The van der Waals surface area contributed by atoms with Gasteiger partial charge in [-0.1, -0.05) is 17.7 Å². The van der Waals surface area contributed by atoms with E-state index in [0.717, 1.165) is 11.5 Å². The van der Waals surface area contributed by atoms with Crippen LogP contribution in [0.2, 0.25) is 0 Å². The lowest BCUT2D eigenvalue weighted by Crippen LogP contribution is -2.42. The molecule has 0 amide bonds. The molecule has 2 heterocycles. The van der Waals surface area contributed by atoms with Crippen LogP contribution in [0.1, 0.15) is 18.4 Å². The third-order valence-corrected chi connectivity index (χ3v) is 4.86. The Labute approximate surface area is 133 Å². The Morgan fingerprint density at radius 2 is 1.95 bits per heavy atom. The van der Waals surface area contributed by atoms with Crippen LogP contribution in [0.3, 0.4) is 0 Å². The average molecular weight is 298 g/mol. The third kappa shape index (κ3) is 2.75. The summed E-state index contributed by atoms with van der Waals surface area (Å²) in [4.78, 5) is 9.54. The van der Waals surface area contributed by atoms with Crippen molar-refractivity contribution in [2.24, 2.45) is 0 Å². The molecule has 4 heteroatoms. The van der Waals surface area contributed by atoms with Crippen molar-refractivity contribution in [3.05, 3.63) is 30.0 Å². The summed E-state index contributed by atoms with van der Waals surface area (Å²) < 4.78 is 0. The first-order valence-corrected chi connectivity index (χ1v) is 8.08. The first-order valence-electron chi connectivity index (χ1n) is 8.08. The molecule has 1 aliphatic heterocycles. The van der Waals surface area contributed by atoms with Crippen LogP contribution < -0.4 is 10.2 Å². The Hall–Kier alpha value is -1.81. The van der Waals surface area contributed by atoms with Crippen molar-refractivity contribution in [2.45, 2.75) is 25.8 Å². The smallest absolute Gasteiger partial charge is 0.136 e. The molecule has 0 aliphatic carbocycles. The van der Waals surface area contributed by atoms with Crippen molar-refractivity contribution in [2.75, 3.05) is 44.4 Å². The van der Waals surface area contributed by atoms with E-state index < -0.39 is 0 Å². The van der Waals surface area contributed by atoms with Gasteiger partial charge in [0.2, 0.25) is 0 Å². The van der Waals surface area contributed by atoms with E-state index in [-0.39, 0.29) is 0 Å². The van der Waals surface area contributed by atoms with Crippen LogP contribution in [-0.4, -0.2) is 50.2 Å². The van der Waals surface area contributed by atoms with Crippen molar-refractivity contribution in [3.63, 3.8) is 0 Å². The van der Waals surface area contributed by atoms with Gasteiger partial charge in [-0.05, 0) is 46.0 Å². The molecule has 0 unspecified atom stereocenters. The van der Waals surface area contributed by atoms with Crippen molar-refractivity contribution in [1.82, 2.24) is 9.88 Å². The van der Waals surface area contributed by atoms with E-state index in [1.165, 1.54) is 42.3 Å². The number of aromatic nitrogens is 1. The van der Waals surface area contributed by atoms with Crippen LogP contribution in [0.15, 0.2) is 24.4 Å². The van der Waals surface area contributed by atoms with Crippen LogP contribution in [0.5, 0.6) is 0 Å². The molecule has 0 radical (unpaired) electrons. The number of nitrogens with one attached hydrogen (secondary N) is 1. The fourth-order valence-electron chi connectivity index (χ4n) is 3.38. The molecule has 0 saturated carbocycles. The summed E-state index contributed by atoms with van der Waals surface area (Å²) in [5.41, 5.74) is 2.38. The number of nitrogens with zero attached hydrogens (tertiary/aromatic N) is 3. The Morgan fingerprint density at radius 1 is 1.23 bits per heavy atom. The Kier molecular flexibility index (Phi) is 4.21. The molecule has 1 aromatic heterocycles. The first-order chi connectivity index (χ1) is 10.6. The van der Waals surface area contributed by atoms with Gasteiger partial charge in [-0.15, -0.1) is 0 Å². The summed E-state index contributed by atoms with van der Waals surface area (Å²) in [5, 5.41) is 5.75. The number of benzene rings is 1. The monoisotopic (exact) mass is 298 g/mol. The molecule has 2 aromatic rings. The molecule has 1 saturated heterocycles. The molecule has 0 spiro atoms. The SMILES string of the molecule is CNc1cnc(N(C)C2CCN(C)CC2)c2ccc(C)cc12. The van der Waals surface area contributed by atoms with Gasteiger partial charge in [0.05, 0.1) is 11.9 Å². The molecular weight excluding hydrogens is 272 g/mol. The maximum absolute atomic E-state index is 4.75. The Bertz CT molecular complexity index is 659. The lowest BCUT2D eigenvalue weighted by molar-refractivity contribution is 0.252. The van der Waals surface area contributed by atoms with Gasteiger partial charge in [0.15, 0.2) is 0 Å². The van der Waals surface area contributed by atoms with Crippen LogP contribution >= 0.6 is 0 Å². The van der Waals surface area contributed by atoms with Crippen LogP contribution in [0.25, 0.3) is 10.8 Å². The van der Waals surface area contributed by atoms with Gasteiger partial charge in [0, 0.05) is 30.9 Å². The van der Waals surface area contributed by atoms with Crippen molar-refractivity contribution in [1.29, 1.82) is 0 Å². The first kappa shape index (κ1) is 15.1. The van der Waals surface area contributed by atoms with Crippen molar-refractivity contribution >= 4 is 22.3 Å². The normalized spacial score (nSPS) is 16.9. The molecule has 0 bridgehead atoms. The number of aryl methyl sites for hydroxylation is 1. The molecule has 4 nitrogen and oxygen atoms in total. The van der Waals surface area contributed by atoms with E-state index in [1.54, 1.807) is 0 Å². The fraction of sp³-hybridized carbons (Fsp3) is 0.500. The second-order valence-electron chi connectivity index (χ2n) is 6.44.